The maximum absolute atomic E-state index is 10.8. The van der Waals surface area contributed by atoms with Gasteiger partial charge in [0, 0.05) is 17.3 Å². The summed E-state index contributed by atoms with van der Waals surface area (Å²) < 4.78 is 1.70. The highest BCUT2D eigenvalue weighted by Gasteiger charge is 2.10. The lowest BCUT2D eigenvalue weighted by molar-refractivity contribution is 0.0689. The third-order valence-corrected chi connectivity index (χ3v) is 2.94. The summed E-state index contributed by atoms with van der Waals surface area (Å²) in [5.74, 6) is -1.00. The second-order valence-corrected chi connectivity index (χ2v) is 4.52. The summed E-state index contributed by atoms with van der Waals surface area (Å²) in [4.78, 5) is 10.8. The number of carbonyl (C=O) groups is 1. The quantitative estimate of drug-likeness (QED) is 0.924. The van der Waals surface area contributed by atoms with E-state index < -0.39 is 5.97 Å². The maximum atomic E-state index is 10.8. The molecule has 1 aromatic carbocycles. The summed E-state index contributed by atoms with van der Waals surface area (Å²) in [6.45, 7) is 2.48. The molecule has 0 amide bonds. The van der Waals surface area contributed by atoms with E-state index in [1.807, 2.05) is 31.2 Å². The van der Waals surface area contributed by atoms with Crippen molar-refractivity contribution in [3.8, 4) is 0 Å². The predicted octanol–water partition coefficient (Wildman–Crippen LogP) is 2.79. The number of rotatable bonds is 4. The Morgan fingerprint density at radius 3 is 2.83 bits per heavy atom. The van der Waals surface area contributed by atoms with Crippen LogP contribution in [0.5, 0.6) is 0 Å². The summed E-state index contributed by atoms with van der Waals surface area (Å²) in [6, 6.07) is 9.19. The second-order valence-electron chi connectivity index (χ2n) is 4.08. The van der Waals surface area contributed by atoms with Crippen molar-refractivity contribution in [1.29, 1.82) is 0 Å². The summed E-state index contributed by atoms with van der Waals surface area (Å²) in [7, 11) is 0. The van der Waals surface area contributed by atoms with Gasteiger partial charge in [-0.15, -0.1) is 0 Å². The second kappa shape index (κ2) is 5.23. The molecule has 0 spiro atoms. The number of halogens is 1. The Hall–Kier alpha value is -1.81. The fourth-order valence-electron chi connectivity index (χ4n) is 1.77. The van der Waals surface area contributed by atoms with E-state index in [4.69, 9.17) is 16.7 Å². The van der Waals surface area contributed by atoms with Gasteiger partial charge in [0.2, 0.25) is 0 Å². The van der Waals surface area contributed by atoms with Crippen molar-refractivity contribution < 1.29 is 9.90 Å². The highest BCUT2D eigenvalue weighted by molar-refractivity contribution is 6.30. The summed E-state index contributed by atoms with van der Waals surface area (Å²) in [5, 5.41) is 13.6. The van der Waals surface area contributed by atoms with Crippen LogP contribution in [0.25, 0.3) is 0 Å². The molecule has 0 fully saturated rings. The smallest absolute Gasteiger partial charge is 0.356 e. The molecule has 0 aliphatic rings. The van der Waals surface area contributed by atoms with E-state index in [9.17, 15) is 4.79 Å². The number of hydrogen-bond donors (Lipinski definition) is 1. The average Bonchev–Trinajstić information content (AvgIpc) is 2.68. The van der Waals surface area contributed by atoms with E-state index in [2.05, 4.69) is 5.10 Å². The first-order chi connectivity index (χ1) is 8.56. The minimum Gasteiger partial charge on any atom is -0.476 e. The molecule has 1 aromatic heterocycles. The molecule has 0 saturated carbocycles. The average molecular weight is 265 g/mol. The molecule has 1 heterocycles. The molecular formula is C13H13ClN2O2. The number of nitrogens with zero attached hydrogens (tertiary/aromatic N) is 2. The number of hydrogen-bond acceptors (Lipinski definition) is 2. The van der Waals surface area contributed by atoms with Crippen molar-refractivity contribution in [3.05, 3.63) is 52.3 Å². The van der Waals surface area contributed by atoms with Crippen LogP contribution in [0.3, 0.4) is 0 Å². The number of carboxylic acids is 1. The zero-order valence-corrected chi connectivity index (χ0v) is 10.7. The van der Waals surface area contributed by atoms with Gasteiger partial charge < -0.3 is 5.11 Å². The first-order valence-electron chi connectivity index (χ1n) is 5.58. The minimum absolute atomic E-state index is 0.0820. The summed E-state index contributed by atoms with van der Waals surface area (Å²) in [6.07, 6.45) is 0.766. The van der Waals surface area contributed by atoms with Crippen LogP contribution < -0.4 is 0 Å². The van der Waals surface area contributed by atoms with Crippen LogP contribution in [0, 0.1) is 6.92 Å². The maximum Gasteiger partial charge on any atom is 0.356 e. The van der Waals surface area contributed by atoms with E-state index in [0.29, 0.717) is 11.6 Å². The van der Waals surface area contributed by atoms with Crippen molar-refractivity contribution in [2.45, 2.75) is 19.9 Å². The Morgan fingerprint density at radius 1 is 1.44 bits per heavy atom. The molecular weight excluding hydrogens is 252 g/mol. The normalized spacial score (nSPS) is 10.6. The Labute approximate surface area is 110 Å². The summed E-state index contributed by atoms with van der Waals surface area (Å²) in [5.41, 5.74) is 2.03. The molecule has 0 radical (unpaired) electrons. The van der Waals surface area contributed by atoms with Gasteiger partial charge in [-0.2, -0.15) is 5.10 Å². The summed E-state index contributed by atoms with van der Waals surface area (Å²) >= 11 is 5.90. The van der Waals surface area contributed by atoms with Gasteiger partial charge in [-0.1, -0.05) is 23.7 Å². The van der Waals surface area contributed by atoms with Crippen LogP contribution in [-0.4, -0.2) is 20.9 Å². The van der Waals surface area contributed by atoms with Gasteiger partial charge in [0.25, 0.3) is 0 Å². The van der Waals surface area contributed by atoms with Crippen molar-refractivity contribution in [1.82, 2.24) is 9.78 Å². The van der Waals surface area contributed by atoms with Crippen molar-refractivity contribution in [2.24, 2.45) is 0 Å². The molecule has 18 heavy (non-hydrogen) atoms. The number of aromatic nitrogens is 2. The molecule has 2 aromatic rings. The lowest BCUT2D eigenvalue weighted by Gasteiger charge is -2.04. The molecule has 0 aliphatic heterocycles. The number of carboxylic acid groups (broad SMARTS) is 1. The minimum atomic E-state index is -1.00. The zero-order valence-electron chi connectivity index (χ0n) is 9.93. The SMILES string of the molecule is Cc1cc(C(=O)O)nn1CCc1cccc(Cl)c1. The number of aryl methyl sites for hydroxylation is 3. The van der Waals surface area contributed by atoms with Gasteiger partial charge in [-0.3, -0.25) is 4.68 Å². The lowest BCUT2D eigenvalue weighted by Crippen LogP contribution is -2.06. The molecule has 0 aliphatic carbocycles. The third kappa shape index (κ3) is 2.90. The predicted molar refractivity (Wildman–Crippen MR) is 69.1 cm³/mol. The van der Waals surface area contributed by atoms with Gasteiger partial charge in [-0.05, 0) is 37.1 Å². The Morgan fingerprint density at radius 2 is 2.22 bits per heavy atom. The molecule has 0 unspecified atom stereocenters. The van der Waals surface area contributed by atoms with Gasteiger partial charge >= 0.3 is 5.97 Å². The molecule has 5 heteroatoms. The molecule has 4 nitrogen and oxygen atoms in total. The Kier molecular flexibility index (Phi) is 3.67. The van der Waals surface area contributed by atoms with E-state index in [0.717, 1.165) is 17.7 Å². The Bertz CT molecular complexity index is 578. The number of benzene rings is 1. The van der Waals surface area contributed by atoms with Crippen LogP contribution >= 0.6 is 11.6 Å². The topological polar surface area (TPSA) is 55.1 Å². The van der Waals surface area contributed by atoms with E-state index in [1.165, 1.54) is 0 Å². The highest BCUT2D eigenvalue weighted by Crippen LogP contribution is 2.12. The molecule has 2 rings (SSSR count). The number of aromatic carboxylic acids is 1. The van der Waals surface area contributed by atoms with Crippen LogP contribution in [0.4, 0.5) is 0 Å². The van der Waals surface area contributed by atoms with E-state index in [1.54, 1.807) is 10.7 Å². The van der Waals surface area contributed by atoms with Crippen molar-refractivity contribution >= 4 is 17.6 Å². The first kappa shape index (κ1) is 12.6. The van der Waals surface area contributed by atoms with Crippen LogP contribution in [0.2, 0.25) is 5.02 Å². The molecule has 0 atom stereocenters. The van der Waals surface area contributed by atoms with Crippen molar-refractivity contribution in [3.63, 3.8) is 0 Å². The van der Waals surface area contributed by atoms with Crippen LogP contribution in [-0.2, 0) is 13.0 Å². The molecule has 0 saturated heterocycles. The zero-order chi connectivity index (χ0) is 13.1. The van der Waals surface area contributed by atoms with Gasteiger partial charge in [0.05, 0.1) is 0 Å². The third-order valence-electron chi connectivity index (χ3n) is 2.70. The molecule has 1 N–H and O–H groups in total. The van der Waals surface area contributed by atoms with Gasteiger partial charge in [0.15, 0.2) is 5.69 Å². The monoisotopic (exact) mass is 264 g/mol. The highest BCUT2D eigenvalue weighted by atomic mass is 35.5. The van der Waals surface area contributed by atoms with Crippen LogP contribution in [0.1, 0.15) is 21.7 Å². The van der Waals surface area contributed by atoms with E-state index in [-0.39, 0.29) is 5.69 Å². The fraction of sp³-hybridized carbons (Fsp3) is 0.231. The molecule has 0 bridgehead atoms. The first-order valence-corrected chi connectivity index (χ1v) is 5.96. The van der Waals surface area contributed by atoms with Gasteiger partial charge in [0.1, 0.15) is 0 Å². The molecule has 94 valence electrons. The van der Waals surface area contributed by atoms with E-state index >= 15 is 0 Å². The lowest BCUT2D eigenvalue weighted by atomic mass is 10.1. The fourth-order valence-corrected chi connectivity index (χ4v) is 1.98. The van der Waals surface area contributed by atoms with Gasteiger partial charge in [-0.25, -0.2) is 4.79 Å². The van der Waals surface area contributed by atoms with Crippen LogP contribution in [0.15, 0.2) is 30.3 Å². The van der Waals surface area contributed by atoms with Crippen molar-refractivity contribution in [2.75, 3.05) is 0 Å². The standard InChI is InChI=1S/C13H13ClN2O2/c1-9-7-12(13(17)18)15-16(9)6-5-10-3-2-4-11(14)8-10/h2-4,7-8H,5-6H2,1H3,(H,17,18). The Balaban J connectivity index is 2.08. The largest absolute Gasteiger partial charge is 0.476 e.